The maximum absolute atomic E-state index is 12.5. The Morgan fingerprint density at radius 1 is 1.31 bits per heavy atom. The average molecular weight is 238 g/mol. The van der Waals surface area contributed by atoms with E-state index < -0.39 is 23.8 Å². The molecule has 2 bridgehead atoms. The fourth-order valence-electron chi connectivity index (χ4n) is 3.33. The molecule has 2 rings (SSSR count). The molecule has 0 aromatic carbocycles. The molecule has 0 aromatic heterocycles. The molecule has 94 valence electrons. The molecule has 0 saturated heterocycles. The summed E-state index contributed by atoms with van der Waals surface area (Å²) in [5.74, 6) is 0.283. The van der Waals surface area contributed by atoms with Gasteiger partial charge in [0.15, 0.2) is 5.60 Å². The Kier molecular flexibility index (Phi) is 2.55. The van der Waals surface area contributed by atoms with E-state index >= 15 is 0 Å². The Hall–Kier alpha value is -0.290. The summed E-state index contributed by atoms with van der Waals surface area (Å²) in [6.07, 6.45) is -2.26. The molecule has 0 heterocycles. The van der Waals surface area contributed by atoms with Gasteiger partial charge < -0.3 is 10.2 Å². The standard InChI is InChI=1S/C11H17F3O2/c1-9(15,11(12,13)14)6-10(16)5-7-2-3-8(10)4-7/h7-8,15-16H,2-6H2,1H3. The molecule has 5 heteroatoms. The average Bonchev–Trinajstić information content (AvgIpc) is 2.58. The lowest BCUT2D eigenvalue weighted by Gasteiger charge is -2.39. The molecule has 2 aliphatic rings. The first-order valence-corrected chi connectivity index (χ1v) is 5.65. The monoisotopic (exact) mass is 238 g/mol. The predicted molar refractivity (Wildman–Crippen MR) is 51.7 cm³/mol. The topological polar surface area (TPSA) is 40.5 Å². The van der Waals surface area contributed by atoms with E-state index in [9.17, 15) is 23.4 Å². The highest BCUT2D eigenvalue weighted by molar-refractivity contribution is 5.05. The number of rotatable bonds is 2. The second kappa shape index (κ2) is 3.35. The predicted octanol–water partition coefficient (Wildman–Crippen LogP) is 2.24. The van der Waals surface area contributed by atoms with Gasteiger partial charge in [0.25, 0.3) is 0 Å². The minimum Gasteiger partial charge on any atom is -0.389 e. The van der Waals surface area contributed by atoms with Crippen molar-refractivity contribution < 1.29 is 23.4 Å². The molecule has 4 unspecified atom stereocenters. The molecule has 0 aliphatic heterocycles. The number of halogens is 3. The fourth-order valence-corrected chi connectivity index (χ4v) is 3.33. The zero-order valence-corrected chi connectivity index (χ0v) is 9.22. The van der Waals surface area contributed by atoms with E-state index in [1.54, 1.807) is 0 Å². The largest absolute Gasteiger partial charge is 0.417 e. The molecule has 0 spiro atoms. The van der Waals surface area contributed by atoms with Crippen LogP contribution in [0, 0.1) is 11.8 Å². The minimum atomic E-state index is -4.68. The maximum atomic E-state index is 12.5. The van der Waals surface area contributed by atoms with Crippen LogP contribution in [-0.4, -0.2) is 27.6 Å². The van der Waals surface area contributed by atoms with Gasteiger partial charge in [0.1, 0.15) is 0 Å². The first-order chi connectivity index (χ1) is 7.14. The second-order valence-electron chi connectivity index (χ2n) is 5.63. The van der Waals surface area contributed by atoms with Gasteiger partial charge in [-0.2, -0.15) is 13.2 Å². The van der Waals surface area contributed by atoms with Gasteiger partial charge in [-0.3, -0.25) is 0 Å². The summed E-state index contributed by atoms with van der Waals surface area (Å²) in [4.78, 5) is 0. The highest BCUT2D eigenvalue weighted by Gasteiger charge is 2.58. The molecule has 16 heavy (non-hydrogen) atoms. The molecule has 0 radical (unpaired) electrons. The van der Waals surface area contributed by atoms with Crippen LogP contribution >= 0.6 is 0 Å². The van der Waals surface area contributed by atoms with E-state index in [1.807, 2.05) is 0 Å². The van der Waals surface area contributed by atoms with E-state index in [0.717, 1.165) is 26.2 Å². The molecule has 0 aromatic rings. The van der Waals surface area contributed by atoms with Crippen LogP contribution in [0.25, 0.3) is 0 Å². The number of aliphatic hydroxyl groups is 2. The molecule has 0 amide bonds. The van der Waals surface area contributed by atoms with Crippen LogP contribution in [0.15, 0.2) is 0 Å². The molecule has 2 fully saturated rings. The Morgan fingerprint density at radius 2 is 1.94 bits per heavy atom. The van der Waals surface area contributed by atoms with Gasteiger partial charge in [-0.05, 0) is 44.4 Å². The number of hydrogen-bond donors (Lipinski definition) is 2. The zero-order chi connectivity index (χ0) is 12.2. The Morgan fingerprint density at radius 3 is 2.31 bits per heavy atom. The van der Waals surface area contributed by atoms with Gasteiger partial charge in [0.2, 0.25) is 0 Å². The lowest BCUT2D eigenvalue weighted by atomic mass is 9.76. The van der Waals surface area contributed by atoms with Crippen molar-refractivity contribution in [3.05, 3.63) is 0 Å². The first-order valence-electron chi connectivity index (χ1n) is 5.65. The summed E-state index contributed by atoms with van der Waals surface area (Å²) in [7, 11) is 0. The summed E-state index contributed by atoms with van der Waals surface area (Å²) in [5.41, 5.74) is -4.10. The third kappa shape index (κ3) is 1.84. The summed E-state index contributed by atoms with van der Waals surface area (Å²) in [6, 6.07) is 0. The molecule has 2 saturated carbocycles. The normalized spacial score (nSPS) is 42.4. The highest BCUT2D eigenvalue weighted by Crippen LogP contribution is 2.54. The molecular weight excluding hydrogens is 221 g/mol. The van der Waals surface area contributed by atoms with E-state index in [2.05, 4.69) is 0 Å². The first kappa shape index (κ1) is 12.2. The Balaban J connectivity index is 2.10. The Bertz CT molecular complexity index is 287. The van der Waals surface area contributed by atoms with Crippen LogP contribution in [0.5, 0.6) is 0 Å². The van der Waals surface area contributed by atoms with Gasteiger partial charge in [-0.1, -0.05) is 0 Å². The van der Waals surface area contributed by atoms with Gasteiger partial charge in [-0.25, -0.2) is 0 Å². The number of fused-ring (bicyclic) bond motifs is 2. The molecule has 2 N–H and O–H groups in total. The van der Waals surface area contributed by atoms with Crippen molar-refractivity contribution in [3.63, 3.8) is 0 Å². The maximum Gasteiger partial charge on any atom is 0.417 e. The van der Waals surface area contributed by atoms with Crippen molar-refractivity contribution in [1.82, 2.24) is 0 Å². The van der Waals surface area contributed by atoms with Gasteiger partial charge in [-0.15, -0.1) is 0 Å². The quantitative estimate of drug-likeness (QED) is 0.774. The van der Waals surface area contributed by atoms with Crippen molar-refractivity contribution in [3.8, 4) is 0 Å². The van der Waals surface area contributed by atoms with Crippen molar-refractivity contribution >= 4 is 0 Å². The highest BCUT2D eigenvalue weighted by atomic mass is 19.4. The number of alkyl halides is 3. The summed E-state index contributed by atoms with van der Waals surface area (Å²) in [6.45, 7) is 0.747. The van der Waals surface area contributed by atoms with Crippen LogP contribution in [0.1, 0.15) is 39.0 Å². The van der Waals surface area contributed by atoms with Crippen LogP contribution in [0.2, 0.25) is 0 Å². The second-order valence-corrected chi connectivity index (χ2v) is 5.63. The molecule has 2 aliphatic carbocycles. The van der Waals surface area contributed by atoms with E-state index in [-0.39, 0.29) is 5.92 Å². The van der Waals surface area contributed by atoms with E-state index in [0.29, 0.717) is 12.3 Å². The van der Waals surface area contributed by atoms with Gasteiger partial charge >= 0.3 is 6.18 Å². The van der Waals surface area contributed by atoms with Crippen LogP contribution in [0.3, 0.4) is 0 Å². The molecule has 4 atom stereocenters. The van der Waals surface area contributed by atoms with Gasteiger partial charge in [0, 0.05) is 6.42 Å². The van der Waals surface area contributed by atoms with Crippen LogP contribution < -0.4 is 0 Å². The van der Waals surface area contributed by atoms with Crippen molar-refractivity contribution in [1.29, 1.82) is 0 Å². The molecule has 2 nitrogen and oxygen atoms in total. The lowest BCUT2D eigenvalue weighted by molar-refractivity contribution is -0.270. The van der Waals surface area contributed by atoms with Gasteiger partial charge in [0.05, 0.1) is 5.60 Å². The Labute approximate surface area is 92.5 Å². The third-order valence-electron chi connectivity index (χ3n) is 4.20. The molecular formula is C11H17F3O2. The van der Waals surface area contributed by atoms with E-state index in [1.165, 1.54) is 0 Å². The SMILES string of the molecule is CC(O)(CC1(O)CC2CCC1C2)C(F)(F)F. The summed E-state index contributed by atoms with van der Waals surface area (Å²) in [5, 5.41) is 19.6. The summed E-state index contributed by atoms with van der Waals surface area (Å²) < 4.78 is 37.6. The third-order valence-corrected chi connectivity index (χ3v) is 4.20. The van der Waals surface area contributed by atoms with Crippen molar-refractivity contribution in [2.24, 2.45) is 11.8 Å². The fraction of sp³-hybridized carbons (Fsp3) is 1.00. The van der Waals surface area contributed by atoms with Crippen LogP contribution in [-0.2, 0) is 0 Å². The zero-order valence-electron chi connectivity index (χ0n) is 9.22. The smallest absolute Gasteiger partial charge is 0.389 e. The minimum absolute atomic E-state index is 0.0636. The number of hydrogen-bond acceptors (Lipinski definition) is 2. The van der Waals surface area contributed by atoms with Crippen molar-refractivity contribution in [2.45, 2.75) is 56.4 Å². The lowest BCUT2D eigenvalue weighted by Crippen LogP contribution is -2.51. The summed E-state index contributed by atoms with van der Waals surface area (Å²) >= 11 is 0. The van der Waals surface area contributed by atoms with Crippen molar-refractivity contribution in [2.75, 3.05) is 0 Å². The van der Waals surface area contributed by atoms with E-state index in [4.69, 9.17) is 0 Å². The van der Waals surface area contributed by atoms with Crippen LogP contribution in [0.4, 0.5) is 13.2 Å².